The molecule has 1 aliphatic heterocycles. The Bertz CT molecular complexity index is 1390. The standard InChI is InChI=1S/C25H31F3N6O2/c1-16(2)10-13-33-20-21(30-23(33)32-12-4-5-19(29)15-32)31(3)24(36)34(22(20)35)14-11-17-6-8-18(9-7-17)25(26,27)28/h6-10,19H,4-5,11-15,29H2,1-3H3. The molecule has 36 heavy (non-hydrogen) atoms. The van der Waals surface area contributed by atoms with Gasteiger partial charge in [0.15, 0.2) is 11.2 Å². The fraction of sp³-hybridized carbons (Fsp3) is 0.480. The minimum atomic E-state index is -4.42. The predicted molar refractivity (Wildman–Crippen MR) is 133 cm³/mol. The van der Waals surface area contributed by atoms with E-state index in [9.17, 15) is 22.8 Å². The Hall–Kier alpha value is -3.34. The molecule has 1 fully saturated rings. The Labute approximate surface area is 206 Å². The Balaban J connectivity index is 1.76. The fourth-order valence-corrected chi connectivity index (χ4v) is 4.54. The molecule has 0 saturated carbocycles. The van der Waals surface area contributed by atoms with E-state index in [1.54, 1.807) is 7.05 Å². The molecule has 1 aromatic carbocycles. The number of halogens is 3. The van der Waals surface area contributed by atoms with Crippen LogP contribution >= 0.6 is 0 Å². The minimum absolute atomic E-state index is 0.000299. The van der Waals surface area contributed by atoms with Gasteiger partial charge in [0.2, 0.25) is 5.95 Å². The van der Waals surface area contributed by atoms with E-state index < -0.39 is 23.0 Å². The number of nitrogens with two attached hydrogens (primary N) is 1. The second kappa shape index (κ2) is 9.96. The highest BCUT2D eigenvalue weighted by molar-refractivity contribution is 5.74. The van der Waals surface area contributed by atoms with Crippen LogP contribution in [0.25, 0.3) is 11.2 Å². The highest BCUT2D eigenvalue weighted by Gasteiger charge is 2.30. The highest BCUT2D eigenvalue weighted by Crippen LogP contribution is 2.29. The number of alkyl halides is 3. The number of aryl methyl sites for hydroxylation is 2. The molecule has 1 unspecified atom stereocenters. The lowest BCUT2D eigenvalue weighted by Gasteiger charge is -2.31. The van der Waals surface area contributed by atoms with Crippen LogP contribution in [0.1, 0.15) is 37.8 Å². The molecule has 4 rings (SSSR count). The summed E-state index contributed by atoms with van der Waals surface area (Å²) in [5.41, 5.74) is 6.74. The van der Waals surface area contributed by atoms with E-state index in [4.69, 9.17) is 10.7 Å². The van der Waals surface area contributed by atoms with Crippen molar-refractivity contribution in [2.45, 2.75) is 58.4 Å². The van der Waals surface area contributed by atoms with Gasteiger partial charge in [-0.1, -0.05) is 23.8 Å². The van der Waals surface area contributed by atoms with Gasteiger partial charge in [-0.2, -0.15) is 18.2 Å². The van der Waals surface area contributed by atoms with Gasteiger partial charge in [0, 0.05) is 39.3 Å². The van der Waals surface area contributed by atoms with E-state index in [-0.39, 0.29) is 19.0 Å². The summed E-state index contributed by atoms with van der Waals surface area (Å²) in [6.45, 7) is 5.73. The third-order valence-electron chi connectivity index (χ3n) is 6.54. The number of benzene rings is 1. The zero-order chi connectivity index (χ0) is 26.2. The van der Waals surface area contributed by atoms with Crippen molar-refractivity contribution in [2.24, 2.45) is 12.8 Å². The third-order valence-corrected chi connectivity index (χ3v) is 6.54. The summed E-state index contributed by atoms with van der Waals surface area (Å²) in [5.74, 6) is 0.602. The first kappa shape index (κ1) is 25.7. The minimum Gasteiger partial charge on any atom is -0.341 e. The number of hydrogen-bond acceptors (Lipinski definition) is 5. The summed E-state index contributed by atoms with van der Waals surface area (Å²) in [7, 11) is 1.57. The van der Waals surface area contributed by atoms with Gasteiger partial charge in [-0.05, 0) is 50.8 Å². The van der Waals surface area contributed by atoms with Crippen LogP contribution in [-0.2, 0) is 32.7 Å². The smallest absolute Gasteiger partial charge is 0.341 e. The number of rotatable bonds is 6. The van der Waals surface area contributed by atoms with Crippen LogP contribution in [0.4, 0.5) is 19.1 Å². The van der Waals surface area contributed by atoms with E-state index in [1.807, 2.05) is 24.5 Å². The van der Waals surface area contributed by atoms with Crippen LogP contribution in [0.3, 0.4) is 0 Å². The first-order valence-electron chi connectivity index (χ1n) is 12.0. The number of imidazole rings is 1. The van der Waals surface area contributed by atoms with Gasteiger partial charge in [-0.3, -0.25) is 13.9 Å². The molecule has 0 spiro atoms. The largest absolute Gasteiger partial charge is 0.416 e. The van der Waals surface area contributed by atoms with E-state index in [0.717, 1.165) is 41.7 Å². The van der Waals surface area contributed by atoms with Crippen LogP contribution in [-0.4, -0.2) is 37.8 Å². The molecule has 1 saturated heterocycles. The Morgan fingerprint density at radius 2 is 1.86 bits per heavy atom. The van der Waals surface area contributed by atoms with Crippen LogP contribution in [0.15, 0.2) is 45.5 Å². The molecule has 0 radical (unpaired) electrons. The van der Waals surface area contributed by atoms with E-state index in [2.05, 4.69) is 4.90 Å². The molecule has 11 heteroatoms. The molecule has 1 atom stereocenters. The number of fused-ring (bicyclic) bond motifs is 1. The number of allylic oxidation sites excluding steroid dienone is 2. The molecular weight excluding hydrogens is 473 g/mol. The lowest BCUT2D eigenvalue weighted by atomic mass is 10.1. The van der Waals surface area contributed by atoms with Crippen LogP contribution in [0.5, 0.6) is 0 Å². The maximum Gasteiger partial charge on any atom is 0.416 e. The van der Waals surface area contributed by atoms with Crippen LogP contribution < -0.4 is 21.9 Å². The second-order valence-electron chi connectivity index (χ2n) is 9.57. The molecule has 3 aromatic rings. The molecule has 3 heterocycles. The van der Waals surface area contributed by atoms with Crippen molar-refractivity contribution in [3.05, 3.63) is 67.9 Å². The summed E-state index contributed by atoms with van der Waals surface area (Å²) in [6.07, 6.45) is -0.375. The zero-order valence-electron chi connectivity index (χ0n) is 20.7. The van der Waals surface area contributed by atoms with Gasteiger partial charge in [-0.25, -0.2) is 4.79 Å². The third kappa shape index (κ3) is 5.11. The average Bonchev–Trinajstić information content (AvgIpc) is 3.21. The molecule has 0 aliphatic carbocycles. The molecule has 2 N–H and O–H groups in total. The first-order chi connectivity index (χ1) is 17.0. The van der Waals surface area contributed by atoms with E-state index in [0.29, 0.717) is 35.8 Å². The zero-order valence-corrected chi connectivity index (χ0v) is 20.7. The van der Waals surface area contributed by atoms with Crippen molar-refractivity contribution in [3.63, 3.8) is 0 Å². The summed E-state index contributed by atoms with van der Waals surface area (Å²) in [4.78, 5) is 33.5. The Kier molecular flexibility index (Phi) is 7.12. The molecule has 2 aromatic heterocycles. The van der Waals surface area contributed by atoms with Crippen molar-refractivity contribution in [2.75, 3.05) is 18.0 Å². The molecule has 0 amide bonds. The Morgan fingerprint density at radius 3 is 2.47 bits per heavy atom. The van der Waals surface area contributed by atoms with Crippen molar-refractivity contribution < 1.29 is 13.2 Å². The SMILES string of the molecule is CC(C)=CCn1c(N2CCCC(N)C2)nc2c1c(=O)n(CCc1ccc(C(F)(F)F)cc1)c(=O)n2C. The van der Waals surface area contributed by atoms with Gasteiger partial charge >= 0.3 is 11.9 Å². The van der Waals surface area contributed by atoms with Gasteiger partial charge in [-0.15, -0.1) is 0 Å². The summed E-state index contributed by atoms with van der Waals surface area (Å²) < 4.78 is 42.9. The van der Waals surface area contributed by atoms with Crippen molar-refractivity contribution in [1.82, 2.24) is 18.7 Å². The topological polar surface area (TPSA) is 91.1 Å². The quantitative estimate of drug-likeness (QED) is 0.521. The molecule has 0 bridgehead atoms. The fourth-order valence-electron chi connectivity index (χ4n) is 4.54. The van der Waals surface area contributed by atoms with E-state index in [1.165, 1.54) is 16.7 Å². The summed E-state index contributed by atoms with van der Waals surface area (Å²) in [6, 6.07) is 4.74. The van der Waals surface area contributed by atoms with Gasteiger partial charge in [0.1, 0.15) is 0 Å². The predicted octanol–water partition coefficient (Wildman–Crippen LogP) is 3.05. The van der Waals surface area contributed by atoms with Crippen molar-refractivity contribution >= 4 is 17.1 Å². The number of aromatic nitrogens is 4. The van der Waals surface area contributed by atoms with Crippen molar-refractivity contribution in [1.29, 1.82) is 0 Å². The summed E-state index contributed by atoms with van der Waals surface area (Å²) in [5, 5.41) is 0. The normalized spacial score (nSPS) is 16.5. The highest BCUT2D eigenvalue weighted by atomic mass is 19.4. The molecule has 194 valence electrons. The molecule has 8 nitrogen and oxygen atoms in total. The average molecular weight is 505 g/mol. The van der Waals surface area contributed by atoms with Crippen LogP contribution in [0.2, 0.25) is 0 Å². The lowest BCUT2D eigenvalue weighted by Crippen LogP contribution is -2.44. The first-order valence-corrected chi connectivity index (χ1v) is 12.0. The van der Waals surface area contributed by atoms with Gasteiger partial charge < -0.3 is 15.2 Å². The van der Waals surface area contributed by atoms with Gasteiger partial charge in [0.05, 0.1) is 5.56 Å². The van der Waals surface area contributed by atoms with Crippen molar-refractivity contribution in [3.8, 4) is 0 Å². The maximum atomic E-state index is 13.6. The second-order valence-corrected chi connectivity index (χ2v) is 9.57. The molecule has 1 aliphatic rings. The number of hydrogen-bond donors (Lipinski definition) is 1. The number of nitrogens with zero attached hydrogens (tertiary/aromatic N) is 5. The van der Waals surface area contributed by atoms with Gasteiger partial charge in [0.25, 0.3) is 5.56 Å². The van der Waals surface area contributed by atoms with E-state index >= 15 is 0 Å². The number of anilines is 1. The Morgan fingerprint density at radius 1 is 1.17 bits per heavy atom. The summed E-state index contributed by atoms with van der Waals surface area (Å²) >= 11 is 0. The van der Waals surface area contributed by atoms with Crippen LogP contribution in [0, 0.1) is 0 Å². The number of piperidine rings is 1. The monoisotopic (exact) mass is 504 g/mol. The lowest BCUT2D eigenvalue weighted by molar-refractivity contribution is -0.137. The maximum absolute atomic E-state index is 13.6. The molecular formula is C25H31F3N6O2.